The van der Waals surface area contributed by atoms with Crippen LogP contribution in [0.1, 0.15) is 24.2 Å². The molecule has 0 saturated heterocycles. The molecule has 9 heteroatoms. The minimum Gasteiger partial charge on any atom is -0.412 e. The molecule has 4 N–H and O–H groups in total. The quantitative estimate of drug-likeness (QED) is 0.705. The van der Waals surface area contributed by atoms with Gasteiger partial charge in [-0.2, -0.15) is 0 Å². The highest BCUT2D eigenvalue weighted by atomic mass is 35.5. The molecule has 0 saturated carbocycles. The van der Waals surface area contributed by atoms with E-state index < -0.39 is 10.0 Å². The molecule has 1 aromatic carbocycles. The van der Waals surface area contributed by atoms with Crippen LogP contribution < -0.4 is 10.0 Å². The van der Waals surface area contributed by atoms with E-state index in [1.807, 2.05) is 0 Å². The van der Waals surface area contributed by atoms with Crippen molar-refractivity contribution in [2.45, 2.75) is 13.8 Å². The molecule has 0 heterocycles. The Morgan fingerprint density at radius 2 is 1.65 bits per heavy atom. The third-order valence-electron chi connectivity index (χ3n) is 3.06. The first-order valence-corrected chi connectivity index (χ1v) is 8.83. The van der Waals surface area contributed by atoms with Crippen molar-refractivity contribution in [2.24, 2.45) is 0 Å². The first kappa shape index (κ1) is 23.9. The fourth-order valence-corrected chi connectivity index (χ4v) is 2.44. The van der Waals surface area contributed by atoms with Gasteiger partial charge in [-0.15, -0.1) is 12.4 Å². The van der Waals surface area contributed by atoms with Crippen LogP contribution in [0.4, 0.5) is 5.69 Å². The van der Waals surface area contributed by atoms with Gasteiger partial charge in [0.1, 0.15) is 0 Å². The number of carbonyl (C=O) groups excluding carboxylic acids is 1. The summed E-state index contributed by atoms with van der Waals surface area (Å²) in [6, 6.07) is 6.33. The van der Waals surface area contributed by atoms with E-state index in [0.29, 0.717) is 17.8 Å². The van der Waals surface area contributed by atoms with Crippen LogP contribution >= 0.6 is 12.4 Å². The maximum absolute atomic E-state index is 11.9. The van der Waals surface area contributed by atoms with E-state index in [0.717, 1.165) is 25.9 Å². The van der Waals surface area contributed by atoms with Crippen molar-refractivity contribution in [3.8, 4) is 0 Å². The van der Waals surface area contributed by atoms with Crippen LogP contribution in [0.2, 0.25) is 0 Å². The van der Waals surface area contributed by atoms with Gasteiger partial charge in [-0.05, 0) is 37.4 Å². The van der Waals surface area contributed by atoms with Crippen molar-refractivity contribution in [1.29, 1.82) is 0 Å². The second-order valence-electron chi connectivity index (χ2n) is 4.73. The van der Waals surface area contributed by atoms with E-state index in [4.69, 9.17) is 0 Å². The molecule has 0 fully saturated rings. The molecule has 0 aliphatic carbocycles. The summed E-state index contributed by atoms with van der Waals surface area (Å²) in [6.07, 6.45) is 1.08. The normalized spacial score (nSPS) is 10.4. The van der Waals surface area contributed by atoms with E-state index in [2.05, 4.69) is 28.8 Å². The van der Waals surface area contributed by atoms with Gasteiger partial charge < -0.3 is 15.7 Å². The Morgan fingerprint density at radius 3 is 2.09 bits per heavy atom. The Labute approximate surface area is 144 Å². The number of hydrogen-bond acceptors (Lipinski definition) is 4. The van der Waals surface area contributed by atoms with Crippen molar-refractivity contribution in [3.05, 3.63) is 29.8 Å². The van der Waals surface area contributed by atoms with Gasteiger partial charge in [-0.3, -0.25) is 9.52 Å². The van der Waals surface area contributed by atoms with Crippen molar-refractivity contribution in [3.63, 3.8) is 0 Å². The Hall–Kier alpha value is -1.35. The zero-order chi connectivity index (χ0) is 15.9. The number of carbonyl (C=O) groups is 1. The Kier molecular flexibility index (Phi) is 11.7. The number of likely N-dealkylation sites (N-methyl/N-ethyl adjacent to an activating group) is 1. The minimum absolute atomic E-state index is 0. The van der Waals surface area contributed by atoms with Crippen LogP contribution in [-0.2, 0) is 10.0 Å². The predicted octanol–water partition coefficient (Wildman–Crippen LogP) is 0.727. The smallest absolute Gasteiger partial charge is 0.251 e. The van der Waals surface area contributed by atoms with Crippen LogP contribution in [0.15, 0.2) is 24.3 Å². The molecule has 0 radical (unpaired) electrons. The third-order valence-corrected chi connectivity index (χ3v) is 3.66. The Bertz CT molecular complexity index is 560. The molecule has 134 valence electrons. The van der Waals surface area contributed by atoms with E-state index in [1.165, 1.54) is 0 Å². The second-order valence-corrected chi connectivity index (χ2v) is 6.48. The number of nitrogens with zero attached hydrogens (tertiary/aromatic N) is 1. The molecule has 7 nitrogen and oxygen atoms in total. The minimum atomic E-state index is -3.30. The summed E-state index contributed by atoms with van der Waals surface area (Å²) in [5, 5.41) is 2.85. The summed E-state index contributed by atoms with van der Waals surface area (Å²) in [5.74, 6) is -0.159. The van der Waals surface area contributed by atoms with E-state index in [1.54, 1.807) is 24.3 Å². The van der Waals surface area contributed by atoms with Crippen molar-refractivity contribution in [1.82, 2.24) is 10.2 Å². The average Bonchev–Trinajstić information content (AvgIpc) is 2.42. The maximum atomic E-state index is 11.9. The van der Waals surface area contributed by atoms with Crippen LogP contribution in [-0.4, -0.2) is 57.1 Å². The molecule has 1 aromatic rings. The largest absolute Gasteiger partial charge is 0.412 e. The predicted molar refractivity (Wildman–Crippen MR) is 95.9 cm³/mol. The van der Waals surface area contributed by atoms with Gasteiger partial charge in [0.05, 0.1) is 6.26 Å². The molecule has 0 aliphatic rings. The van der Waals surface area contributed by atoms with Crippen LogP contribution in [0.25, 0.3) is 0 Å². The zero-order valence-corrected chi connectivity index (χ0v) is 15.3. The van der Waals surface area contributed by atoms with Crippen molar-refractivity contribution in [2.75, 3.05) is 37.2 Å². The highest BCUT2D eigenvalue weighted by Crippen LogP contribution is 2.10. The molecule has 0 bridgehead atoms. The topological polar surface area (TPSA) is 110 Å². The highest BCUT2D eigenvalue weighted by molar-refractivity contribution is 7.92. The number of halogens is 1. The lowest BCUT2D eigenvalue weighted by molar-refractivity contribution is 0.0949. The van der Waals surface area contributed by atoms with Gasteiger partial charge in [0.2, 0.25) is 10.0 Å². The van der Waals surface area contributed by atoms with Gasteiger partial charge in [0.25, 0.3) is 5.91 Å². The molecular formula is C14H26ClN3O4S. The molecule has 1 amide bonds. The molecule has 0 spiro atoms. The summed E-state index contributed by atoms with van der Waals surface area (Å²) < 4.78 is 24.5. The van der Waals surface area contributed by atoms with Gasteiger partial charge in [-0.1, -0.05) is 13.8 Å². The number of hydrogen-bond donors (Lipinski definition) is 2. The van der Waals surface area contributed by atoms with Gasteiger partial charge in [-0.25, -0.2) is 8.42 Å². The molecule has 0 atom stereocenters. The Morgan fingerprint density at radius 1 is 1.13 bits per heavy atom. The van der Waals surface area contributed by atoms with Crippen molar-refractivity contribution >= 4 is 34.0 Å². The number of nitrogens with one attached hydrogen (secondary N) is 2. The van der Waals surface area contributed by atoms with Gasteiger partial charge >= 0.3 is 0 Å². The van der Waals surface area contributed by atoms with E-state index in [-0.39, 0.29) is 23.8 Å². The fourth-order valence-electron chi connectivity index (χ4n) is 1.87. The monoisotopic (exact) mass is 367 g/mol. The lowest BCUT2D eigenvalue weighted by atomic mass is 10.2. The first-order valence-electron chi connectivity index (χ1n) is 6.94. The first-order chi connectivity index (χ1) is 9.85. The lowest BCUT2D eigenvalue weighted by Gasteiger charge is -2.17. The van der Waals surface area contributed by atoms with Gasteiger partial charge in [0.15, 0.2) is 0 Å². The number of benzene rings is 1. The molecule has 0 unspecified atom stereocenters. The molecule has 0 aromatic heterocycles. The number of anilines is 1. The zero-order valence-electron chi connectivity index (χ0n) is 13.6. The van der Waals surface area contributed by atoms with E-state index in [9.17, 15) is 13.2 Å². The highest BCUT2D eigenvalue weighted by Gasteiger charge is 2.07. The number of amides is 1. The summed E-state index contributed by atoms with van der Waals surface area (Å²) in [6.45, 7) is 7.48. The number of rotatable bonds is 8. The molecule has 23 heavy (non-hydrogen) atoms. The molecule has 0 aliphatic heterocycles. The summed E-state index contributed by atoms with van der Waals surface area (Å²) in [7, 11) is -3.30. The van der Waals surface area contributed by atoms with Crippen molar-refractivity contribution < 1.29 is 18.7 Å². The standard InChI is InChI=1S/C14H23N3O3S.ClH.H2O/c1-4-17(5-2)11-10-15-14(18)12-6-8-13(9-7-12)16-21(3,19)20;;/h6-9,16H,4-5,10-11H2,1-3H3,(H,15,18);1H;1H2. The molecular weight excluding hydrogens is 342 g/mol. The molecule has 1 rings (SSSR count). The second kappa shape index (κ2) is 11.2. The number of sulfonamides is 1. The van der Waals surface area contributed by atoms with Gasteiger partial charge in [0, 0.05) is 24.3 Å². The SMILES string of the molecule is CCN(CC)CCNC(=O)c1ccc(NS(C)(=O)=O)cc1.Cl.O. The average molecular weight is 368 g/mol. The van der Waals surface area contributed by atoms with Crippen LogP contribution in [0, 0.1) is 0 Å². The summed E-state index contributed by atoms with van der Waals surface area (Å²) in [4.78, 5) is 14.2. The Balaban J connectivity index is 0. The lowest BCUT2D eigenvalue weighted by Crippen LogP contribution is -2.34. The van der Waals surface area contributed by atoms with Crippen LogP contribution in [0.3, 0.4) is 0 Å². The third kappa shape index (κ3) is 9.39. The van der Waals surface area contributed by atoms with Crippen LogP contribution in [0.5, 0.6) is 0 Å². The fraction of sp³-hybridized carbons (Fsp3) is 0.500. The summed E-state index contributed by atoms with van der Waals surface area (Å²) >= 11 is 0. The maximum Gasteiger partial charge on any atom is 0.251 e. The van der Waals surface area contributed by atoms with E-state index >= 15 is 0 Å². The summed E-state index contributed by atoms with van der Waals surface area (Å²) in [5.41, 5.74) is 0.950.